The number of nitrogens with zero attached hydrogens (tertiary/aromatic N) is 1. The van der Waals surface area contributed by atoms with Crippen molar-refractivity contribution < 1.29 is 18.7 Å². The summed E-state index contributed by atoms with van der Waals surface area (Å²) in [6.45, 7) is 2.01. The van der Waals surface area contributed by atoms with Gasteiger partial charge in [0.25, 0.3) is 5.56 Å². The van der Waals surface area contributed by atoms with Gasteiger partial charge in [-0.1, -0.05) is 6.92 Å². The van der Waals surface area contributed by atoms with Gasteiger partial charge in [-0.25, -0.2) is 14.2 Å². The van der Waals surface area contributed by atoms with E-state index in [1.54, 1.807) is 0 Å². The fourth-order valence-corrected chi connectivity index (χ4v) is 4.87. The third-order valence-corrected chi connectivity index (χ3v) is 6.09. The van der Waals surface area contributed by atoms with E-state index in [0.717, 1.165) is 30.9 Å². The number of aromatic amines is 1. The highest BCUT2D eigenvalue weighted by molar-refractivity contribution is 7.18. The number of aromatic nitrogens is 2. The number of H-pyrrole nitrogens is 1. The van der Waals surface area contributed by atoms with Crippen LogP contribution in [0.3, 0.4) is 0 Å². The van der Waals surface area contributed by atoms with Crippen molar-refractivity contribution >= 4 is 27.5 Å². The van der Waals surface area contributed by atoms with Crippen molar-refractivity contribution in [1.29, 1.82) is 0 Å². The van der Waals surface area contributed by atoms with Gasteiger partial charge in [0.15, 0.2) is 11.6 Å². The van der Waals surface area contributed by atoms with E-state index < -0.39 is 11.8 Å². The van der Waals surface area contributed by atoms with Crippen LogP contribution < -0.4 is 10.3 Å². The van der Waals surface area contributed by atoms with E-state index in [2.05, 4.69) is 16.9 Å². The molecule has 0 bridgehead atoms. The third kappa shape index (κ3) is 3.40. The molecule has 0 spiro atoms. The Labute approximate surface area is 164 Å². The number of esters is 1. The first-order valence-corrected chi connectivity index (χ1v) is 9.82. The van der Waals surface area contributed by atoms with Crippen LogP contribution in [-0.4, -0.2) is 23.0 Å². The number of rotatable bonds is 4. The maximum Gasteiger partial charge on any atom is 0.338 e. The predicted molar refractivity (Wildman–Crippen MR) is 104 cm³/mol. The number of ether oxygens (including phenoxy) is 2. The number of benzene rings is 1. The Balaban J connectivity index is 1.54. The molecule has 2 aromatic heterocycles. The number of fused-ring (bicyclic) bond motifs is 3. The zero-order chi connectivity index (χ0) is 19.8. The first-order valence-electron chi connectivity index (χ1n) is 9.00. The molecule has 3 aromatic rings. The first-order chi connectivity index (χ1) is 13.5. The lowest BCUT2D eigenvalue weighted by atomic mass is 9.89. The van der Waals surface area contributed by atoms with Crippen LogP contribution in [0.2, 0.25) is 0 Å². The third-order valence-electron chi connectivity index (χ3n) is 4.94. The van der Waals surface area contributed by atoms with E-state index in [4.69, 9.17) is 9.47 Å². The van der Waals surface area contributed by atoms with Crippen molar-refractivity contribution in [2.75, 3.05) is 7.11 Å². The van der Waals surface area contributed by atoms with Gasteiger partial charge in [0, 0.05) is 4.88 Å². The zero-order valence-electron chi connectivity index (χ0n) is 15.5. The van der Waals surface area contributed by atoms with Gasteiger partial charge in [-0.15, -0.1) is 11.3 Å². The minimum atomic E-state index is -0.705. The second-order valence-electron chi connectivity index (χ2n) is 6.97. The topological polar surface area (TPSA) is 81.3 Å². The molecule has 1 N–H and O–H groups in total. The van der Waals surface area contributed by atoms with Crippen LogP contribution in [0.15, 0.2) is 23.0 Å². The molecule has 1 aromatic carbocycles. The Morgan fingerprint density at radius 2 is 2.25 bits per heavy atom. The van der Waals surface area contributed by atoms with E-state index >= 15 is 0 Å². The summed E-state index contributed by atoms with van der Waals surface area (Å²) < 4.78 is 23.8. The highest BCUT2D eigenvalue weighted by atomic mass is 32.1. The van der Waals surface area contributed by atoms with Crippen LogP contribution in [0.1, 0.15) is 40.0 Å². The van der Waals surface area contributed by atoms with E-state index in [1.807, 2.05) is 0 Å². The van der Waals surface area contributed by atoms with Gasteiger partial charge >= 0.3 is 5.97 Å². The van der Waals surface area contributed by atoms with Crippen molar-refractivity contribution in [3.05, 3.63) is 56.2 Å². The lowest BCUT2D eigenvalue weighted by Crippen LogP contribution is -2.16. The Morgan fingerprint density at radius 3 is 3.00 bits per heavy atom. The van der Waals surface area contributed by atoms with Gasteiger partial charge in [0.1, 0.15) is 17.3 Å². The molecule has 0 radical (unpaired) electrons. The molecule has 0 saturated heterocycles. The van der Waals surface area contributed by atoms with Crippen molar-refractivity contribution in [2.45, 2.75) is 32.8 Å². The number of hydrogen-bond acceptors (Lipinski definition) is 6. The lowest BCUT2D eigenvalue weighted by Gasteiger charge is -2.17. The molecule has 1 atom stereocenters. The van der Waals surface area contributed by atoms with Crippen molar-refractivity contribution in [3.63, 3.8) is 0 Å². The number of aryl methyl sites for hydroxylation is 1. The molecular weight excluding hydrogens is 383 g/mol. The van der Waals surface area contributed by atoms with Crippen LogP contribution in [0.25, 0.3) is 10.2 Å². The predicted octanol–water partition coefficient (Wildman–Crippen LogP) is 3.61. The molecule has 8 heteroatoms. The molecule has 1 aliphatic carbocycles. The minimum Gasteiger partial charge on any atom is -0.494 e. The first kappa shape index (κ1) is 18.6. The van der Waals surface area contributed by atoms with Gasteiger partial charge in [0.2, 0.25) is 0 Å². The molecule has 146 valence electrons. The molecule has 0 unspecified atom stereocenters. The SMILES string of the molecule is COc1ccc(C(=O)OCc2nc3sc4c(c3c(=O)[nH]2)CC[C@@H](C)C4)cc1F. The largest absolute Gasteiger partial charge is 0.494 e. The van der Waals surface area contributed by atoms with Gasteiger partial charge in [-0.3, -0.25) is 4.79 Å². The van der Waals surface area contributed by atoms with Gasteiger partial charge in [-0.2, -0.15) is 0 Å². The lowest BCUT2D eigenvalue weighted by molar-refractivity contribution is 0.0461. The van der Waals surface area contributed by atoms with Crippen molar-refractivity contribution in [2.24, 2.45) is 5.92 Å². The minimum absolute atomic E-state index is 0.0454. The van der Waals surface area contributed by atoms with E-state index in [1.165, 1.54) is 35.5 Å². The maximum atomic E-state index is 13.8. The fraction of sp³-hybridized carbons (Fsp3) is 0.350. The molecule has 2 heterocycles. The fourth-order valence-electron chi connectivity index (χ4n) is 3.47. The summed E-state index contributed by atoms with van der Waals surface area (Å²) in [5.74, 6) is -0.438. The molecule has 28 heavy (non-hydrogen) atoms. The van der Waals surface area contributed by atoms with Crippen molar-refractivity contribution in [1.82, 2.24) is 9.97 Å². The summed E-state index contributed by atoms with van der Waals surface area (Å²) >= 11 is 1.53. The quantitative estimate of drug-likeness (QED) is 0.674. The Hall–Kier alpha value is -2.74. The molecule has 0 amide bonds. The molecule has 0 aliphatic heterocycles. The van der Waals surface area contributed by atoms with Crippen LogP contribution in [0.4, 0.5) is 4.39 Å². The highest BCUT2D eigenvalue weighted by Crippen LogP contribution is 2.35. The Kier molecular flexibility index (Phi) is 4.89. The van der Waals surface area contributed by atoms with Gasteiger partial charge in [0.05, 0.1) is 18.1 Å². The van der Waals surface area contributed by atoms with Gasteiger partial charge in [-0.05, 0) is 48.9 Å². The number of halogens is 1. The summed E-state index contributed by atoms with van der Waals surface area (Å²) in [5.41, 5.74) is 0.949. The molecule has 1 aliphatic rings. The Morgan fingerprint density at radius 1 is 1.43 bits per heavy atom. The average Bonchev–Trinajstić information content (AvgIpc) is 3.03. The average molecular weight is 402 g/mol. The van der Waals surface area contributed by atoms with Crippen LogP contribution in [0.5, 0.6) is 5.75 Å². The van der Waals surface area contributed by atoms with E-state index in [0.29, 0.717) is 16.1 Å². The van der Waals surface area contributed by atoms with Crippen molar-refractivity contribution in [3.8, 4) is 5.75 Å². The number of methoxy groups -OCH3 is 1. The summed E-state index contributed by atoms with van der Waals surface area (Å²) in [4.78, 5) is 33.8. The van der Waals surface area contributed by atoms with E-state index in [-0.39, 0.29) is 29.3 Å². The standard InChI is InChI=1S/C20H19FN2O4S/c1-10-3-5-12-15(7-10)28-19-17(12)18(24)22-16(23-19)9-27-20(25)11-4-6-14(26-2)13(21)8-11/h4,6,8,10H,3,5,7,9H2,1-2H3,(H,22,23,24)/t10-/m1/s1. The summed E-state index contributed by atoms with van der Waals surface area (Å²) in [6, 6.07) is 3.82. The molecule has 6 nitrogen and oxygen atoms in total. The number of carbonyl (C=O) groups is 1. The second kappa shape index (κ2) is 7.35. The number of thiophene rings is 1. The van der Waals surface area contributed by atoms with E-state index in [9.17, 15) is 14.0 Å². The summed E-state index contributed by atoms with van der Waals surface area (Å²) in [5, 5.41) is 0.652. The van der Waals surface area contributed by atoms with Crippen LogP contribution in [-0.2, 0) is 24.2 Å². The number of hydrogen-bond donors (Lipinski definition) is 1. The number of carbonyl (C=O) groups excluding carboxylic acids is 1. The smallest absolute Gasteiger partial charge is 0.338 e. The second-order valence-corrected chi connectivity index (χ2v) is 8.05. The summed E-state index contributed by atoms with van der Waals surface area (Å²) in [6.07, 6.45) is 2.91. The monoisotopic (exact) mass is 402 g/mol. The zero-order valence-corrected chi connectivity index (χ0v) is 16.3. The normalized spacial score (nSPS) is 16.0. The van der Waals surface area contributed by atoms with Crippen LogP contribution in [0, 0.1) is 11.7 Å². The maximum absolute atomic E-state index is 13.8. The van der Waals surface area contributed by atoms with Crippen LogP contribution >= 0.6 is 11.3 Å². The van der Waals surface area contributed by atoms with Gasteiger partial charge < -0.3 is 14.5 Å². The molecule has 4 rings (SSSR count). The molecule has 0 saturated carbocycles. The highest BCUT2D eigenvalue weighted by Gasteiger charge is 2.23. The molecule has 0 fully saturated rings. The summed E-state index contributed by atoms with van der Waals surface area (Å²) in [7, 11) is 1.34. The molecular formula is C20H19FN2O4S. The Bertz CT molecular complexity index is 1120. The number of nitrogens with one attached hydrogen (secondary N) is 1.